The SMILES string of the molecule is O=C(CC1S/C(=N/S(=O)(=O)c2ccccc2)N(C2CCCCC2)C1=O)Nc1ccc(F)cc1. The van der Waals surface area contributed by atoms with Crippen molar-refractivity contribution in [3.8, 4) is 0 Å². The summed E-state index contributed by atoms with van der Waals surface area (Å²) in [6, 6.07) is 13.1. The summed E-state index contributed by atoms with van der Waals surface area (Å²) in [4.78, 5) is 27.4. The Morgan fingerprint density at radius 2 is 1.73 bits per heavy atom. The number of thioether (sulfide) groups is 1. The number of carbonyl (C=O) groups is 2. The van der Waals surface area contributed by atoms with Crippen molar-refractivity contribution in [1.29, 1.82) is 0 Å². The van der Waals surface area contributed by atoms with Crippen LogP contribution < -0.4 is 5.32 Å². The molecule has 1 saturated heterocycles. The van der Waals surface area contributed by atoms with Gasteiger partial charge in [-0.3, -0.25) is 14.5 Å². The third-order valence-corrected chi connectivity index (χ3v) is 8.19. The van der Waals surface area contributed by atoms with Gasteiger partial charge in [-0.25, -0.2) is 4.39 Å². The van der Waals surface area contributed by atoms with E-state index < -0.39 is 27.0 Å². The molecule has 0 aromatic heterocycles. The Balaban J connectivity index is 1.56. The number of carbonyl (C=O) groups excluding carboxylic acids is 2. The van der Waals surface area contributed by atoms with Crippen LogP contribution in [0.2, 0.25) is 0 Å². The average Bonchev–Trinajstić information content (AvgIpc) is 3.10. The standard InChI is InChI=1S/C23H24FN3O4S2/c24-16-11-13-17(14-12-16)25-21(28)15-20-22(29)27(18-7-3-1-4-8-18)23(32-20)26-33(30,31)19-9-5-2-6-10-19/h2,5-6,9-14,18,20H,1,3-4,7-8,15H2,(H,25,28)/b26-23+. The van der Waals surface area contributed by atoms with E-state index in [0.717, 1.165) is 43.9 Å². The smallest absolute Gasteiger partial charge is 0.284 e. The van der Waals surface area contributed by atoms with Gasteiger partial charge < -0.3 is 5.32 Å². The Morgan fingerprint density at radius 3 is 2.39 bits per heavy atom. The minimum Gasteiger partial charge on any atom is -0.326 e. The third kappa shape index (κ3) is 5.62. The molecule has 174 valence electrons. The first-order chi connectivity index (χ1) is 15.8. The molecule has 2 fully saturated rings. The number of hydrogen-bond acceptors (Lipinski definition) is 5. The number of hydrogen-bond donors (Lipinski definition) is 1. The molecule has 7 nitrogen and oxygen atoms in total. The van der Waals surface area contributed by atoms with Gasteiger partial charge in [0.2, 0.25) is 11.8 Å². The molecule has 1 aliphatic heterocycles. The molecule has 0 spiro atoms. The number of amides is 2. The summed E-state index contributed by atoms with van der Waals surface area (Å²) in [5.74, 6) is -1.13. The van der Waals surface area contributed by atoms with Crippen LogP contribution in [-0.4, -0.2) is 41.6 Å². The molecule has 1 heterocycles. The molecule has 10 heteroatoms. The van der Waals surface area contributed by atoms with Gasteiger partial charge >= 0.3 is 0 Å². The Morgan fingerprint density at radius 1 is 1.06 bits per heavy atom. The molecule has 4 rings (SSSR count). The van der Waals surface area contributed by atoms with Gasteiger partial charge in [0.05, 0.1) is 4.90 Å². The molecule has 1 atom stereocenters. The highest BCUT2D eigenvalue weighted by Crippen LogP contribution is 2.36. The summed E-state index contributed by atoms with van der Waals surface area (Å²) in [6.07, 6.45) is 4.37. The van der Waals surface area contributed by atoms with Crippen LogP contribution in [0, 0.1) is 5.82 Å². The summed E-state index contributed by atoms with van der Waals surface area (Å²) >= 11 is 1.01. The minimum absolute atomic E-state index is 0.0478. The lowest BCUT2D eigenvalue weighted by molar-refractivity contribution is -0.130. The summed E-state index contributed by atoms with van der Waals surface area (Å²) in [5.41, 5.74) is 0.418. The first-order valence-electron chi connectivity index (χ1n) is 10.8. The van der Waals surface area contributed by atoms with Crippen molar-refractivity contribution in [2.45, 2.75) is 54.7 Å². The van der Waals surface area contributed by atoms with Crippen molar-refractivity contribution >= 4 is 44.5 Å². The maximum absolute atomic E-state index is 13.3. The lowest BCUT2D eigenvalue weighted by Crippen LogP contribution is -2.42. The maximum atomic E-state index is 13.3. The Labute approximate surface area is 196 Å². The van der Waals surface area contributed by atoms with Gasteiger partial charge in [0, 0.05) is 18.2 Å². The summed E-state index contributed by atoms with van der Waals surface area (Å²) in [5, 5.41) is 1.99. The average molecular weight is 490 g/mol. The summed E-state index contributed by atoms with van der Waals surface area (Å²) < 4.78 is 42.9. The van der Waals surface area contributed by atoms with Crippen LogP contribution in [0.3, 0.4) is 0 Å². The normalized spacial score (nSPS) is 20.9. The molecule has 0 bridgehead atoms. The van der Waals surface area contributed by atoms with Crippen molar-refractivity contribution in [1.82, 2.24) is 4.90 Å². The van der Waals surface area contributed by atoms with E-state index in [1.165, 1.54) is 41.3 Å². The number of anilines is 1. The van der Waals surface area contributed by atoms with Crippen LogP contribution in [0.15, 0.2) is 63.9 Å². The van der Waals surface area contributed by atoms with Gasteiger partial charge in [-0.1, -0.05) is 49.2 Å². The number of rotatable bonds is 6. The van der Waals surface area contributed by atoms with Crippen molar-refractivity contribution in [3.05, 3.63) is 60.4 Å². The van der Waals surface area contributed by atoms with Gasteiger partial charge in [-0.15, -0.1) is 4.40 Å². The first-order valence-corrected chi connectivity index (χ1v) is 13.1. The van der Waals surface area contributed by atoms with Crippen molar-refractivity contribution < 1.29 is 22.4 Å². The molecule has 1 aliphatic carbocycles. The number of halogens is 1. The zero-order valence-electron chi connectivity index (χ0n) is 17.8. The predicted octanol–water partition coefficient (Wildman–Crippen LogP) is 4.18. The van der Waals surface area contributed by atoms with E-state index >= 15 is 0 Å². The Hall–Kier alpha value is -2.72. The van der Waals surface area contributed by atoms with Crippen molar-refractivity contribution in [2.75, 3.05) is 5.32 Å². The van der Waals surface area contributed by atoms with Gasteiger partial charge in [0.15, 0.2) is 5.17 Å². The Bertz CT molecular complexity index is 1150. The number of sulfonamides is 1. The molecule has 2 amide bonds. The molecule has 2 aromatic rings. The molecular formula is C23H24FN3O4S2. The lowest BCUT2D eigenvalue weighted by Gasteiger charge is -2.30. The number of nitrogens with one attached hydrogen (secondary N) is 1. The van der Waals surface area contributed by atoms with E-state index in [0.29, 0.717) is 5.69 Å². The van der Waals surface area contributed by atoms with Crippen LogP contribution in [0.4, 0.5) is 10.1 Å². The number of nitrogens with zero attached hydrogens (tertiary/aromatic N) is 2. The first kappa shape index (κ1) is 23.4. The highest BCUT2D eigenvalue weighted by molar-refractivity contribution is 8.16. The number of benzene rings is 2. The van der Waals surface area contributed by atoms with E-state index in [4.69, 9.17) is 0 Å². The highest BCUT2D eigenvalue weighted by atomic mass is 32.2. The largest absolute Gasteiger partial charge is 0.326 e. The van der Waals surface area contributed by atoms with Crippen molar-refractivity contribution in [2.24, 2.45) is 4.40 Å². The second-order valence-electron chi connectivity index (χ2n) is 8.03. The molecule has 1 unspecified atom stereocenters. The van der Waals surface area contributed by atoms with Gasteiger partial charge in [0.1, 0.15) is 11.1 Å². The van der Waals surface area contributed by atoms with E-state index in [1.54, 1.807) is 18.2 Å². The fraction of sp³-hybridized carbons (Fsp3) is 0.348. The third-order valence-electron chi connectivity index (χ3n) is 5.64. The fourth-order valence-electron chi connectivity index (χ4n) is 4.02. The van der Waals surface area contributed by atoms with Crippen LogP contribution in [0.5, 0.6) is 0 Å². The second-order valence-corrected chi connectivity index (χ2v) is 10.8. The van der Waals surface area contributed by atoms with E-state index in [1.807, 2.05) is 0 Å². The minimum atomic E-state index is -4.01. The van der Waals surface area contributed by atoms with Gasteiger partial charge in [-0.05, 0) is 49.2 Å². The van der Waals surface area contributed by atoms with Crippen LogP contribution in [0.1, 0.15) is 38.5 Å². The van der Waals surface area contributed by atoms with E-state index in [-0.39, 0.29) is 28.4 Å². The van der Waals surface area contributed by atoms with E-state index in [9.17, 15) is 22.4 Å². The highest BCUT2D eigenvalue weighted by Gasteiger charge is 2.43. The topological polar surface area (TPSA) is 95.9 Å². The zero-order valence-corrected chi connectivity index (χ0v) is 19.4. The van der Waals surface area contributed by atoms with Crippen LogP contribution in [0.25, 0.3) is 0 Å². The Kier molecular flexibility index (Phi) is 7.14. The molecule has 0 radical (unpaired) electrons. The van der Waals surface area contributed by atoms with Crippen LogP contribution >= 0.6 is 11.8 Å². The fourth-order valence-corrected chi connectivity index (χ4v) is 6.44. The molecule has 33 heavy (non-hydrogen) atoms. The molecule has 2 aliphatic rings. The monoisotopic (exact) mass is 489 g/mol. The summed E-state index contributed by atoms with van der Waals surface area (Å²) in [7, 11) is -4.01. The quantitative estimate of drug-likeness (QED) is 0.657. The van der Waals surface area contributed by atoms with Gasteiger partial charge in [0.25, 0.3) is 10.0 Å². The number of amidine groups is 1. The van der Waals surface area contributed by atoms with Crippen molar-refractivity contribution in [3.63, 3.8) is 0 Å². The predicted molar refractivity (Wildman–Crippen MR) is 126 cm³/mol. The van der Waals surface area contributed by atoms with E-state index in [2.05, 4.69) is 9.71 Å². The van der Waals surface area contributed by atoms with Gasteiger partial charge in [-0.2, -0.15) is 8.42 Å². The van der Waals surface area contributed by atoms with Crippen LogP contribution in [-0.2, 0) is 19.6 Å². The lowest BCUT2D eigenvalue weighted by atomic mass is 9.94. The molecule has 1 N–H and O–H groups in total. The maximum Gasteiger partial charge on any atom is 0.284 e. The summed E-state index contributed by atoms with van der Waals surface area (Å²) in [6.45, 7) is 0. The molecule has 2 aromatic carbocycles. The second kappa shape index (κ2) is 10.0. The molecule has 1 saturated carbocycles. The zero-order chi connectivity index (χ0) is 23.4. The molecular weight excluding hydrogens is 465 g/mol.